The predicted molar refractivity (Wildman–Crippen MR) is 81.1 cm³/mol. The van der Waals surface area contributed by atoms with Gasteiger partial charge in [-0.2, -0.15) is 0 Å². The maximum Gasteiger partial charge on any atom is 0.124 e. The Balaban J connectivity index is 1.73. The first-order chi connectivity index (χ1) is 10.4. The third-order valence-corrected chi connectivity index (χ3v) is 4.76. The highest BCUT2D eigenvalue weighted by Gasteiger charge is 2.45. The quantitative estimate of drug-likeness (QED) is 0.739. The number of aliphatic imine (C=N–C) groups is 1. The summed E-state index contributed by atoms with van der Waals surface area (Å²) in [6, 6.07) is 12.6. The Morgan fingerprint density at radius 2 is 1.95 bits per heavy atom. The van der Waals surface area contributed by atoms with E-state index < -0.39 is 0 Å². The van der Waals surface area contributed by atoms with Crippen LogP contribution in [0.5, 0.6) is 11.5 Å². The fourth-order valence-corrected chi connectivity index (χ4v) is 3.66. The van der Waals surface area contributed by atoms with Crippen LogP contribution in [0.1, 0.15) is 23.1 Å². The van der Waals surface area contributed by atoms with Gasteiger partial charge in [-0.15, -0.1) is 0 Å². The van der Waals surface area contributed by atoms with E-state index in [9.17, 15) is 0 Å². The van der Waals surface area contributed by atoms with Crippen LogP contribution in [-0.2, 0) is 11.8 Å². The molecular formula is C18H15NO2. The van der Waals surface area contributed by atoms with E-state index in [4.69, 9.17) is 9.47 Å². The Labute approximate surface area is 123 Å². The summed E-state index contributed by atoms with van der Waals surface area (Å²) < 4.78 is 11.9. The molecule has 0 aromatic heterocycles. The van der Waals surface area contributed by atoms with Crippen molar-refractivity contribution in [3.05, 3.63) is 53.1 Å². The first kappa shape index (κ1) is 11.4. The molecule has 3 heteroatoms. The normalized spacial score (nSPS) is 24.2. The van der Waals surface area contributed by atoms with E-state index in [-0.39, 0.29) is 5.41 Å². The van der Waals surface area contributed by atoms with E-state index in [1.807, 2.05) is 12.3 Å². The number of nitrogens with zero attached hydrogens (tertiary/aromatic N) is 1. The number of fused-ring (bicyclic) bond motifs is 5. The van der Waals surface area contributed by atoms with Gasteiger partial charge in [-0.05, 0) is 42.2 Å². The number of para-hydroxylation sites is 1. The Bertz CT molecular complexity index is 781. The predicted octanol–water partition coefficient (Wildman–Crippen LogP) is 3.41. The molecule has 3 heterocycles. The molecule has 0 fully saturated rings. The highest BCUT2D eigenvalue weighted by Crippen LogP contribution is 2.50. The van der Waals surface area contributed by atoms with Crippen LogP contribution >= 0.6 is 0 Å². The van der Waals surface area contributed by atoms with Crippen LogP contribution in [0.15, 0.2) is 41.4 Å². The average Bonchev–Trinajstić information content (AvgIpc) is 3.09. The van der Waals surface area contributed by atoms with Crippen LogP contribution in [0.4, 0.5) is 5.69 Å². The van der Waals surface area contributed by atoms with Gasteiger partial charge in [0, 0.05) is 11.8 Å². The van der Waals surface area contributed by atoms with Crippen molar-refractivity contribution < 1.29 is 9.47 Å². The molecule has 0 aliphatic carbocycles. The summed E-state index contributed by atoms with van der Waals surface area (Å²) in [6.07, 6.45) is 4.20. The lowest BCUT2D eigenvalue weighted by molar-refractivity contribution is 0.287. The second-order valence-corrected chi connectivity index (χ2v) is 5.94. The van der Waals surface area contributed by atoms with Gasteiger partial charge in [-0.3, -0.25) is 4.99 Å². The molecule has 104 valence electrons. The van der Waals surface area contributed by atoms with Crippen LogP contribution in [0, 0.1) is 0 Å². The monoisotopic (exact) mass is 277 g/mol. The minimum Gasteiger partial charge on any atom is -0.493 e. The lowest BCUT2D eigenvalue weighted by Crippen LogP contribution is -2.29. The van der Waals surface area contributed by atoms with Gasteiger partial charge < -0.3 is 9.47 Å². The standard InChI is InChI=1S/C18H15NO2/c1-2-6-15-13(5-1)18(10-19-15)11-21-17-8-12-4-3-7-20-16(12)9-14(17)18/h1-2,5-6,8-10H,3-4,7,11H2. The number of rotatable bonds is 0. The lowest BCUT2D eigenvalue weighted by atomic mass is 9.77. The molecule has 2 aromatic carbocycles. The highest BCUT2D eigenvalue weighted by molar-refractivity contribution is 5.91. The number of hydrogen-bond acceptors (Lipinski definition) is 3. The zero-order valence-corrected chi connectivity index (χ0v) is 11.6. The topological polar surface area (TPSA) is 30.8 Å². The van der Waals surface area contributed by atoms with Crippen LogP contribution in [-0.4, -0.2) is 19.4 Å². The Hall–Kier alpha value is -2.29. The molecule has 0 bridgehead atoms. The molecule has 21 heavy (non-hydrogen) atoms. The molecule has 0 N–H and O–H groups in total. The summed E-state index contributed by atoms with van der Waals surface area (Å²) in [5.41, 5.74) is 4.51. The third-order valence-electron chi connectivity index (χ3n) is 4.76. The second kappa shape index (κ2) is 3.88. The van der Waals surface area contributed by atoms with Crippen molar-refractivity contribution in [2.24, 2.45) is 4.99 Å². The molecule has 5 rings (SSSR count). The molecule has 0 saturated heterocycles. The van der Waals surface area contributed by atoms with E-state index in [1.165, 1.54) is 16.7 Å². The van der Waals surface area contributed by atoms with Crippen molar-refractivity contribution >= 4 is 11.9 Å². The van der Waals surface area contributed by atoms with Gasteiger partial charge in [0.05, 0.1) is 17.7 Å². The van der Waals surface area contributed by atoms with Crippen molar-refractivity contribution in [3.63, 3.8) is 0 Å². The molecule has 1 unspecified atom stereocenters. The van der Waals surface area contributed by atoms with Crippen molar-refractivity contribution in [2.75, 3.05) is 13.2 Å². The molecule has 0 amide bonds. The molecule has 1 spiro atoms. The molecule has 2 aromatic rings. The molecular weight excluding hydrogens is 262 g/mol. The van der Waals surface area contributed by atoms with E-state index in [0.717, 1.165) is 36.6 Å². The Morgan fingerprint density at radius 1 is 1.00 bits per heavy atom. The number of hydrogen-bond donors (Lipinski definition) is 0. The minimum absolute atomic E-state index is 0.234. The molecule has 3 nitrogen and oxygen atoms in total. The van der Waals surface area contributed by atoms with E-state index in [2.05, 4.69) is 35.3 Å². The summed E-state index contributed by atoms with van der Waals surface area (Å²) in [5.74, 6) is 2.00. The van der Waals surface area contributed by atoms with Crippen LogP contribution in [0.25, 0.3) is 0 Å². The van der Waals surface area contributed by atoms with E-state index in [0.29, 0.717) is 6.61 Å². The molecule has 0 saturated carbocycles. The third kappa shape index (κ3) is 1.41. The second-order valence-electron chi connectivity index (χ2n) is 5.94. The minimum atomic E-state index is -0.234. The largest absolute Gasteiger partial charge is 0.493 e. The van der Waals surface area contributed by atoms with Gasteiger partial charge in [0.2, 0.25) is 0 Å². The number of ether oxygens (including phenoxy) is 2. The maximum atomic E-state index is 6.01. The van der Waals surface area contributed by atoms with Gasteiger partial charge in [-0.25, -0.2) is 0 Å². The van der Waals surface area contributed by atoms with E-state index in [1.54, 1.807) is 0 Å². The van der Waals surface area contributed by atoms with Gasteiger partial charge in [0.15, 0.2) is 0 Å². The summed E-state index contributed by atoms with van der Waals surface area (Å²) >= 11 is 0. The fraction of sp³-hybridized carbons (Fsp3) is 0.278. The molecule has 0 radical (unpaired) electrons. The summed E-state index contributed by atoms with van der Waals surface area (Å²) in [6.45, 7) is 1.44. The zero-order valence-electron chi connectivity index (χ0n) is 11.6. The van der Waals surface area contributed by atoms with Crippen molar-refractivity contribution in [1.29, 1.82) is 0 Å². The zero-order chi connectivity index (χ0) is 13.9. The molecule has 3 aliphatic rings. The lowest BCUT2D eigenvalue weighted by Gasteiger charge is -2.23. The first-order valence-corrected chi connectivity index (χ1v) is 7.45. The molecule has 1 atom stereocenters. The maximum absolute atomic E-state index is 6.01. The van der Waals surface area contributed by atoms with Gasteiger partial charge in [-0.1, -0.05) is 18.2 Å². The smallest absolute Gasteiger partial charge is 0.124 e. The SMILES string of the molecule is C1=Nc2ccccc2C12COc1cc3c(cc12)OCCC3. The van der Waals surface area contributed by atoms with Gasteiger partial charge in [0.1, 0.15) is 18.1 Å². The van der Waals surface area contributed by atoms with Crippen LogP contribution < -0.4 is 9.47 Å². The average molecular weight is 277 g/mol. The van der Waals surface area contributed by atoms with Gasteiger partial charge in [0.25, 0.3) is 0 Å². The van der Waals surface area contributed by atoms with E-state index >= 15 is 0 Å². The highest BCUT2D eigenvalue weighted by atomic mass is 16.5. The Kier molecular flexibility index (Phi) is 2.10. The van der Waals surface area contributed by atoms with Crippen molar-refractivity contribution in [2.45, 2.75) is 18.3 Å². The summed E-state index contributed by atoms with van der Waals surface area (Å²) in [4.78, 5) is 4.60. The summed E-state index contributed by atoms with van der Waals surface area (Å²) in [7, 11) is 0. The Morgan fingerprint density at radius 3 is 2.95 bits per heavy atom. The first-order valence-electron chi connectivity index (χ1n) is 7.45. The fourth-order valence-electron chi connectivity index (χ4n) is 3.66. The summed E-state index contributed by atoms with van der Waals surface area (Å²) in [5, 5.41) is 0. The van der Waals surface area contributed by atoms with Crippen LogP contribution in [0.3, 0.4) is 0 Å². The molecule has 3 aliphatic heterocycles. The number of benzene rings is 2. The number of aryl methyl sites for hydroxylation is 1. The van der Waals surface area contributed by atoms with Crippen molar-refractivity contribution in [3.8, 4) is 11.5 Å². The van der Waals surface area contributed by atoms with Crippen LogP contribution in [0.2, 0.25) is 0 Å². The van der Waals surface area contributed by atoms with Crippen molar-refractivity contribution in [1.82, 2.24) is 0 Å². The van der Waals surface area contributed by atoms with Gasteiger partial charge >= 0.3 is 0 Å².